The quantitative estimate of drug-likeness (QED) is 0.519. The van der Waals surface area contributed by atoms with E-state index in [1.54, 1.807) is 13.8 Å². The lowest BCUT2D eigenvalue weighted by atomic mass is 9.96. The summed E-state index contributed by atoms with van der Waals surface area (Å²) in [7, 11) is 0. The minimum Gasteiger partial charge on any atom is -0.340 e. The van der Waals surface area contributed by atoms with Crippen molar-refractivity contribution in [1.29, 1.82) is 0 Å². The highest BCUT2D eigenvalue weighted by Gasteiger charge is 2.37. The Kier molecular flexibility index (Phi) is 1.61. The molecule has 1 aliphatic rings. The largest absolute Gasteiger partial charge is 0.345 e. The van der Waals surface area contributed by atoms with Crippen molar-refractivity contribution in [2.45, 2.75) is 13.8 Å². The molecule has 0 radical (unpaired) electrons. The summed E-state index contributed by atoms with van der Waals surface area (Å²) in [6.45, 7) is 3.60. The molecule has 1 saturated heterocycles. The zero-order valence-corrected chi connectivity index (χ0v) is 5.88. The van der Waals surface area contributed by atoms with Crippen molar-refractivity contribution in [3.05, 3.63) is 0 Å². The monoisotopic (exact) mass is 143 g/mol. The van der Waals surface area contributed by atoms with Gasteiger partial charge in [0.05, 0.1) is 0 Å². The lowest BCUT2D eigenvalue weighted by Crippen LogP contribution is -2.24. The van der Waals surface area contributed by atoms with Crippen LogP contribution in [0.3, 0.4) is 0 Å². The summed E-state index contributed by atoms with van der Waals surface area (Å²) in [6, 6.07) is 0. The topological polar surface area (TPSA) is 55.4 Å². The minimum atomic E-state index is -0.611. The summed E-state index contributed by atoms with van der Waals surface area (Å²) < 4.78 is 0. The van der Waals surface area contributed by atoms with Crippen molar-refractivity contribution in [2.24, 2.45) is 11.8 Å². The predicted molar refractivity (Wildman–Crippen MR) is 32.6 cm³/mol. The average molecular weight is 143 g/mol. The highest BCUT2D eigenvalue weighted by Crippen LogP contribution is 2.16. The Labute approximate surface area is 58.5 Å². The van der Waals surface area contributed by atoms with Gasteiger partial charge in [-0.2, -0.15) is 5.48 Å². The van der Waals surface area contributed by atoms with Crippen LogP contribution in [0.15, 0.2) is 0 Å². The van der Waals surface area contributed by atoms with Crippen LogP contribution < -0.4 is 5.48 Å². The zero-order chi connectivity index (χ0) is 7.72. The molecule has 10 heavy (non-hydrogen) atoms. The second kappa shape index (κ2) is 2.28. The van der Waals surface area contributed by atoms with Crippen molar-refractivity contribution in [2.75, 3.05) is 0 Å². The van der Waals surface area contributed by atoms with E-state index in [0.717, 1.165) is 0 Å². The molecule has 0 aromatic carbocycles. The Hall–Kier alpha value is -1.06. The molecule has 1 unspecified atom stereocenters. The molecule has 1 fully saturated rings. The molecule has 4 heteroatoms. The molecule has 0 spiro atoms. The van der Waals surface area contributed by atoms with Gasteiger partial charge in [-0.1, -0.05) is 13.8 Å². The third-order valence-corrected chi connectivity index (χ3v) is 1.46. The van der Waals surface area contributed by atoms with Gasteiger partial charge >= 0.3 is 5.97 Å². The van der Waals surface area contributed by atoms with E-state index in [2.05, 4.69) is 4.84 Å². The van der Waals surface area contributed by atoms with Crippen LogP contribution in [0, 0.1) is 11.8 Å². The fraction of sp³-hybridized carbons (Fsp3) is 0.667. The maximum atomic E-state index is 10.8. The van der Waals surface area contributed by atoms with Gasteiger partial charge in [-0.25, -0.2) is 4.79 Å². The molecule has 0 bridgehead atoms. The molecule has 1 rings (SSSR count). The first kappa shape index (κ1) is 7.05. The molecule has 0 aromatic heterocycles. The van der Waals surface area contributed by atoms with E-state index in [1.165, 1.54) is 0 Å². The van der Waals surface area contributed by atoms with E-state index in [-0.39, 0.29) is 11.8 Å². The van der Waals surface area contributed by atoms with Gasteiger partial charge < -0.3 is 4.84 Å². The molecule has 1 atom stereocenters. The van der Waals surface area contributed by atoms with Crippen LogP contribution in [-0.4, -0.2) is 11.9 Å². The first-order valence-corrected chi connectivity index (χ1v) is 3.13. The van der Waals surface area contributed by atoms with Crippen LogP contribution in [0.1, 0.15) is 13.8 Å². The smallest absolute Gasteiger partial charge is 0.340 e. The van der Waals surface area contributed by atoms with Gasteiger partial charge in [-0.05, 0) is 5.92 Å². The summed E-state index contributed by atoms with van der Waals surface area (Å²) in [5.74, 6) is -1.41. The second-order valence-corrected chi connectivity index (χ2v) is 2.61. The van der Waals surface area contributed by atoms with E-state index >= 15 is 0 Å². The van der Waals surface area contributed by atoms with E-state index < -0.39 is 11.9 Å². The fourth-order valence-corrected chi connectivity index (χ4v) is 0.910. The number of hydrogen-bond acceptors (Lipinski definition) is 3. The van der Waals surface area contributed by atoms with Crippen LogP contribution in [-0.2, 0) is 14.4 Å². The molecule has 56 valence electrons. The normalized spacial score (nSPS) is 24.9. The van der Waals surface area contributed by atoms with Crippen LogP contribution in [0.5, 0.6) is 0 Å². The molecule has 1 heterocycles. The summed E-state index contributed by atoms with van der Waals surface area (Å²) in [5, 5.41) is 0. The van der Waals surface area contributed by atoms with Crippen LogP contribution >= 0.6 is 0 Å². The molecule has 1 aliphatic heterocycles. The Morgan fingerprint density at radius 2 is 2.10 bits per heavy atom. The Bertz CT molecular complexity index is 160. The second-order valence-electron chi connectivity index (χ2n) is 2.61. The van der Waals surface area contributed by atoms with Crippen LogP contribution in [0.2, 0.25) is 0 Å². The maximum absolute atomic E-state index is 10.8. The Morgan fingerprint density at radius 1 is 1.50 bits per heavy atom. The Morgan fingerprint density at radius 3 is 2.30 bits per heavy atom. The Balaban J connectivity index is 2.72. The van der Waals surface area contributed by atoms with E-state index in [4.69, 9.17) is 0 Å². The zero-order valence-electron chi connectivity index (χ0n) is 5.88. The van der Waals surface area contributed by atoms with Gasteiger partial charge in [-0.3, -0.25) is 4.79 Å². The lowest BCUT2D eigenvalue weighted by molar-refractivity contribution is -0.146. The highest BCUT2D eigenvalue weighted by atomic mass is 16.7. The average Bonchev–Trinajstić information content (AvgIpc) is 2.11. The molecular formula is C6H9NO3. The third kappa shape index (κ3) is 0.964. The highest BCUT2D eigenvalue weighted by molar-refractivity contribution is 6.01. The summed E-state index contributed by atoms with van der Waals surface area (Å²) in [6.07, 6.45) is 0. The first-order valence-electron chi connectivity index (χ1n) is 3.13. The number of amides is 1. The predicted octanol–water partition coefficient (Wildman–Crippen LogP) is -0.153. The van der Waals surface area contributed by atoms with Gasteiger partial charge in [0.25, 0.3) is 5.91 Å². The number of nitrogens with one attached hydrogen (secondary N) is 1. The summed E-state index contributed by atoms with van der Waals surface area (Å²) in [5.41, 5.74) is 2.01. The van der Waals surface area contributed by atoms with Crippen molar-refractivity contribution >= 4 is 11.9 Å². The first-order chi connectivity index (χ1) is 4.63. The van der Waals surface area contributed by atoms with Gasteiger partial charge in [0, 0.05) is 0 Å². The van der Waals surface area contributed by atoms with Gasteiger partial charge in [0.15, 0.2) is 0 Å². The molecule has 1 amide bonds. The molecule has 0 aliphatic carbocycles. The molecule has 4 nitrogen and oxygen atoms in total. The fourth-order valence-electron chi connectivity index (χ4n) is 0.910. The van der Waals surface area contributed by atoms with Gasteiger partial charge in [0.2, 0.25) is 0 Å². The molecule has 0 saturated carbocycles. The van der Waals surface area contributed by atoms with Gasteiger partial charge in [-0.15, -0.1) is 0 Å². The molecule has 0 aromatic rings. The molecule has 1 N–H and O–H groups in total. The third-order valence-electron chi connectivity index (χ3n) is 1.46. The standard InChI is InChI=1S/C6H9NO3/c1-3(2)4-5(8)7-10-6(4)9/h3-4H,1-2H3,(H,7,8). The van der Waals surface area contributed by atoms with E-state index in [9.17, 15) is 9.59 Å². The summed E-state index contributed by atoms with van der Waals surface area (Å²) >= 11 is 0. The van der Waals surface area contributed by atoms with Crippen LogP contribution in [0.25, 0.3) is 0 Å². The number of carbonyl (C=O) groups is 2. The summed E-state index contributed by atoms with van der Waals surface area (Å²) in [4.78, 5) is 25.8. The SMILES string of the molecule is CC(C)C1C(=O)NOC1=O. The van der Waals surface area contributed by atoms with Crippen molar-refractivity contribution < 1.29 is 14.4 Å². The number of hydrogen-bond donors (Lipinski definition) is 1. The number of rotatable bonds is 1. The number of carbonyl (C=O) groups excluding carboxylic acids is 2. The minimum absolute atomic E-state index is 0.00926. The van der Waals surface area contributed by atoms with Gasteiger partial charge in [0.1, 0.15) is 5.92 Å². The lowest BCUT2D eigenvalue weighted by Gasteiger charge is -2.03. The van der Waals surface area contributed by atoms with E-state index in [0.29, 0.717) is 0 Å². The van der Waals surface area contributed by atoms with Crippen LogP contribution in [0.4, 0.5) is 0 Å². The van der Waals surface area contributed by atoms with Crippen molar-refractivity contribution in [3.63, 3.8) is 0 Å². The van der Waals surface area contributed by atoms with Crippen molar-refractivity contribution in [3.8, 4) is 0 Å². The maximum Gasteiger partial charge on any atom is 0.345 e. The molecular weight excluding hydrogens is 134 g/mol. The number of hydroxylamine groups is 1. The van der Waals surface area contributed by atoms with Crippen molar-refractivity contribution in [1.82, 2.24) is 5.48 Å². The van der Waals surface area contributed by atoms with E-state index in [1.807, 2.05) is 5.48 Å².